The number of fused-ring (bicyclic) bond motifs is 1. The number of hydroxylamine groups is 1. The number of hydrogen-bond donors (Lipinski definition) is 2. The van der Waals surface area contributed by atoms with Crippen LogP contribution in [0.3, 0.4) is 0 Å². The third-order valence-corrected chi connectivity index (χ3v) is 5.43. The number of hydrogen-bond acceptors (Lipinski definition) is 4. The first kappa shape index (κ1) is 16.1. The highest BCUT2D eigenvalue weighted by Crippen LogP contribution is 2.45. The van der Waals surface area contributed by atoms with Gasteiger partial charge in [-0.05, 0) is 55.7 Å². The van der Waals surface area contributed by atoms with E-state index >= 15 is 0 Å². The van der Waals surface area contributed by atoms with Gasteiger partial charge in [0.15, 0.2) is 0 Å². The van der Waals surface area contributed by atoms with Gasteiger partial charge in [0.2, 0.25) is 0 Å². The van der Waals surface area contributed by atoms with Crippen molar-refractivity contribution >= 4 is 5.91 Å². The molecule has 5 heteroatoms. The van der Waals surface area contributed by atoms with E-state index in [1.807, 2.05) is 6.07 Å². The minimum atomic E-state index is -0.502. The van der Waals surface area contributed by atoms with Crippen molar-refractivity contribution in [3.05, 3.63) is 41.7 Å². The van der Waals surface area contributed by atoms with Crippen molar-refractivity contribution in [3.8, 4) is 0 Å². The van der Waals surface area contributed by atoms with Gasteiger partial charge in [-0.25, -0.2) is 5.48 Å². The van der Waals surface area contributed by atoms with E-state index in [9.17, 15) is 4.79 Å². The Morgan fingerprint density at radius 3 is 3.00 bits per heavy atom. The number of rotatable bonds is 6. The Kier molecular flexibility index (Phi) is 4.78. The first-order valence-electron chi connectivity index (χ1n) is 8.44. The highest BCUT2D eigenvalue weighted by Gasteiger charge is 2.33. The molecule has 5 nitrogen and oxygen atoms in total. The summed E-state index contributed by atoms with van der Waals surface area (Å²) in [6.45, 7) is 6.94. The van der Waals surface area contributed by atoms with Crippen molar-refractivity contribution in [1.82, 2.24) is 15.4 Å². The molecule has 124 valence electrons. The second-order valence-electron chi connectivity index (χ2n) is 6.82. The average molecular weight is 315 g/mol. The lowest BCUT2D eigenvalue weighted by Gasteiger charge is -2.40. The summed E-state index contributed by atoms with van der Waals surface area (Å²) < 4.78 is 0. The molecule has 1 aliphatic carbocycles. The molecular weight excluding hydrogens is 290 g/mol. The first-order valence-corrected chi connectivity index (χ1v) is 8.44. The molecule has 0 unspecified atom stereocenters. The maximum absolute atomic E-state index is 11.4. The van der Waals surface area contributed by atoms with E-state index < -0.39 is 5.91 Å². The van der Waals surface area contributed by atoms with E-state index in [0.29, 0.717) is 11.0 Å². The van der Waals surface area contributed by atoms with E-state index in [-0.39, 0.29) is 0 Å². The van der Waals surface area contributed by atoms with Gasteiger partial charge in [0.05, 0.1) is 11.3 Å². The van der Waals surface area contributed by atoms with Gasteiger partial charge in [0.1, 0.15) is 0 Å². The summed E-state index contributed by atoms with van der Waals surface area (Å²) in [5.74, 6) is -0.502. The Morgan fingerprint density at radius 2 is 2.35 bits per heavy atom. The van der Waals surface area contributed by atoms with Crippen LogP contribution in [0.1, 0.15) is 53.7 Å². The minimum absolute atomic E-state index is 0.414. The zero-order valence-corrected chi connectivity index (χ0v) is 13.6. The molecule has 1 aliphatic heterocycles. The Bertz CT molecular complexity index is 596. The predicted molar refractivity (Wildman–Crippen MR) is 88.2 cm³/mol. The van der Waals surface area contributed by atoms with Crippen LogP contribution in [0.2, 0.25) is 0 Å². The van der Waals surface area contributed by atoms with Crippen molar-refractivity contribution in [2.45, 2.75) is 45.1 Å². The second-order valence-corrected chi connectivity index (χ2v) is 6.82. The number of nitrogens with zero attached hydrogens (tertiary/aromatic N) is 2. The topological polar surface area (TPSA) is 65.5 Å². The number of carbonyl (C=O) groups excluding carboxylic acids is 1. The second kappa shape index (κ2) is 6.81. The fourth-order valence-corrected chi connectivity index (χ4v) is 3.69. The van der Waals surface area contributed by atoms with Crippen LogP contribution >= 0.6 is 0 Å². The molecule has 1 aromatic rings. The van der Waals surface area contributed by atoms with Gasteiger partial charge in [-0.15, -0.1) is 6.58 Å². The number of aromatic nitrogens is 1. The third kappa shape index (κ3) is 3.46. The van der Waals surface area contributed by atoms with Gasteiger partial charge < -0.3 is 0 Å². The summed E-state index contributed by atoms with van der Waals surface area (Å²) in [4.78, 5) is 18.3. The molecule has 2 aliphatic rings. The maximum Gasteiger partial charge on any atom is 0.276 e. The molecule has 1 amide bonds. The number of nitrogens with one attached hydrogen (secondary N) is 1. The zero-order valence-electron chi connectivity index (χ0n) is 13.6. The van der Waals surface area contributed by atoms with E-state index in [2.05, 4.69) is 22.5 Å². The molecule has 23 heavy (non-hydrogen) atoms. The lowest BCUT2D eigenvalue weighted by molar-refractivity contribution is 0.0705. The molecule has 0 saturated heterocycles. The quantitative estimate of drug-likeness (QED) is 0.481. The van der Waals surface area contributed by atoms with Crippen LogP contribution in [0, 0.1) is 5.41 Å². The van der Waals surface area contributed by atoms with Crippen molar-refractivity contribution in [2.24, 2.45) is 5.41 Å². The molecule has 2 N–H and O–H groups in total. The number of amides is 1. The average Bonchev–Trinajstić information content (AvgIpc) is 2.56. The minimum Gasteiger partial charge on any atom is -0.297 e. The smallest absolute Gasteiger partial charge is 0.276 e. The highest BCUT2D eigenvalue weighted by atomic mass is 16.5. The summed E-state index contributed by atoms with van der Waals surface area (Å²) in [6.07, 6.45) is 11.0. The molecule has 2 heterocycles. The molecule has 0 spiro atoms. The predicted octanol–water partition coefficient (Wildman–Crippen LogP) is 2.70. The molecular formula is C18H25N3O2. The van der Waals surface area contributed by atoms with Crippen molar-refractivity contribution in [3.63, 3.8) is 0 Å². The van der Waals surface area contributed by atoms with Crippen molar-refractivity contribution in [2.75, 3.05) is 13.1 Å². The molecule has 1 saturated carbocycles. The SMILES string of the molecule is C=CC1(CCCN2CCc3cc(C(=O)NO)cnc3C2)CCC1. The summed E-state index contributed by atoms with van der Waals surface area (Å²) in [6, 6.07) is 1.84. The fraction of sp³-hybridized carbons (Fsp3) is 0.556. The van der Waals surface area contributed by atoms with Crippen LogP contribution in [0.25, 0.3) is 0 Å². The van der Waals surface area contributed by atoms with Crippen LogP contribution in [-0.4, -0.2) is 34.1 Å². The first-order chi connectivity index (χ1) is 11.2. The molecule has 0 aromatic carbocycles. The molecule has 0 bridgehead atoms. The lowest BCUT2D eigenvalue weighted by atomic mass is 9.66. The van der Waals surface area contributed by atoms with Gasteiger partial charge in [0, 0.05) is 19.3 Å². The Morgan fingerprint density at radius 1 is 1.52 bits per heavy atom. The van der Waals surface area contributed by atoms with Crippen LogP contribution < -0.4 is 5.48 Å². The highest BCUT2D eigenvalue weighted by molar-refractivity contribution is 5.93. The standard InChI is InChI=1S/C18H25N3O2/c1-2-18(6-3-7-18)8-4-9-21-10-5-14-11-15(17(22)20-23)12-19-16(14)13-21/h2,11-12,23H,1,3-10,13H2,(H,20,22). The zero-order chi connectivity index (χ0) is 16.3. The molecule has 0 radical (unpaired) electrons. The van der Waals surface area contributed by atoms with Gasteiger partial charge in [0.25, 0.3) is 5.91 Å². The van der Waals surface area contributed by atoms with E-state index in [1.54, 1.807) is 5.48 Å². The Labute approximate surface area is 137 Å². The van der Waals surface area contributed by atoms with Crippen molar-refractivity contribution < 1.29 is 10.0 Å². The normalized spacial score (nSPS) is 19.5. The molecule has 3 rings (SSSR count). The Hall–Kier alpha value is -1.72. The third-order valence-electron chi connectivity index (χ3n) is 5.43. The van der Waals surface area contributed by atoms with Gasteiger partial charge in [-0.2, -0.15) is 0 Å². The lowest BCUT2D eigenvalue weighted by Crippen LogP contribution is -2.34. The largest absolute Gasteiger partial charge is 0.297 e. The van der Waals surface area contributed by atoms with Crippen LogP contribution in [-0.2, 0) is 13.0 Å². The summed E-state index contributed by atoms with van der Waals surface area (Å²) >= 11 is 0. The van der Waals surface area contributed by atoms with Crippen molar-refractivity contribution in [1.29, 1.82) is 0 Å². The Balaban J connectivity index is 1.54. The number of carbonyl (C=O) groups is 1. The van der Waals surface area contributed by atoms with Crippen LogP contribution in [0.5, 0.6) is 0 Å². The van der Waals surface area contributed by atoms with Crippen LogP contribution in [0.4, 0.5) is 0 Å². The number of allylic oxidation sites excluding steroid dienone is 1. The molecule has 1 aromatic heterocycles. The van der Waals surface area contributed by atoms with Gasteiger partial charge in [-0.3, -0.25) is 19.9 Å². The summed E-state index contributed by atoms with van der Waals surface area (Å²) in [5, 5.41) is 8.70. The van der Waals surface area contributed by atoms with E-state index in [4.69, 9.17) is 5.21 Å². The maximum atomic E-state index is 11.4. The van der Waals surface area contributed by atoms with E-state index in [0.717, 1.165) is 37.3 Å². The molecule has 1 fully saturated rings. The fourth-order valence-electron chi connectivity index (χ4n) is 3.69. The van der Waals surface area contributed by atoms with Gasteiger partial charge in [-0.1, -0.05) is 12.5 Å². The number of pyridine rings is 1. The summed E-state index contributed by atoms with van der Waals surface area (Å²) in [7, 11) is 0. The monoisotopic (exact) mass is 315 g/mol. The van der Waals surface area contributed by atoms with E-state index in [1.165, 1.54) is 38.3 Å². The van der Waals surface area contributed by atoms with Crippen LogP contribution in [0.15, 0.2) is 24.9 Å². The summed E-state index contributed by atoms with van der Waals surface area (Å²) in [5.41, 5.74) is 4.65. The van der Waals surface area contributed by atoms with Gasteiger partial charge >= 0.3 is 0 Å². The molecule has 0 atom stereocenters.